The normalized spacial score (nSPS) is 18.6. The van der Waals surface area contributed by atoms with E-state index < -0.39 is 5.82 Å². The van der Waals surface area contributed by atoms with E-state index in [0.29, 0.717) is 24.8 Å². The second-order valence-corrected chi connectivity index (χ2v) is 5.78. The Labute approximate surface area is 141 Å². The molecule has 0 spiro atoms. The lowest BCUT2D eigenvalue weighted by atomic mass is 9.99. The lowest BCUT2D eigenvalue weighted by molar-refractivity contribution is -0.118. The Morgan fingerprint density at radius 3 is 2.91 bits per heavy atom. The minimum Gasteiger partial charge on any atom is -0.330 e. The number of nitrogens with one attached hydrogen (secondary N) is 1. The molecule has 1 fully saturated rings. The van der Waals surface area contributed by atoms with Crippen LogP contribution in [0, 0.1) is 5.82 Å². The van der Waals surface area contributed by atoms with Gasteiger partial charge in [0.15, 0.2) is 0 Å². The molecule has 1 aliphatic rings. The van der Waals surface area contributed by atoms with E-state index in [1.54, 1.807) is 0 Å². The van der Waals surface area contributed by atoms with Gasteiger partial charge in [-0.05, 0) is 50.6 Å². The van der Waals surface area contributed by atoms with Crippen LogP contribution >= 0.6 is 24.0 Å². The molecule has 1 aromatic carbocycles. The van der Waals surface area contributed by atoms with Gasteiger partial charge in [0.25, 0.3) is 0 Å². The third kappa shape index (κ3) is 5.39. The molecule has 0 saturated carbocycles. The molecule has 1 atom stereocenters. The molecule has 4 nitrogen and oxygen atoms in total. The molecule has 1 saturated heterocycles. The van der Waals surface area contributed by atoms with Crippen molar-refractivity contribution >= 4 is 35.6 Å². The zero-order valence-corrected chi connectivity index (χ0v) is 13.9. The van der Waals surface area contributed by atoms with Gasteiger partial charge in [-0.2, -0.15) is 0 Å². The molecular weight excluding hydrogens is 328 g/mol. The van der Waals surface area contributed by atoms with Gasteiger partial charge in [0.1, 0.15) is 5.82 Å². The number of nitrogens with zero attached hydrogens (tertiary/aromatic N) is 1. The molecular formula is C15H22Cl2FN3O. The van der Waals surface area contributed by atoms with Crippen LogP contribution in [0.4, 0.5) is 10.1 Å². The Morgan fingerprint density at radius 2 is 2.23 bits per heavy atom. The van der Waals surface area contributed by atoms with Crippen LogP contribution in [0.15, 0.2) is 18.2 Å². The molecule has 124 valence electrons. The summed E-state index contributed by atoms with van der Waals surface area (Å²) in [5, 5.41) is 2.76. The van der Waals surface area contributed by atoms with E-state index >= 15 is 0 Å². The second-order valence-electron chi connectivity index (χ2n) is 5.37. The zero-order valence-electron chi connectivity index (χ0n) is 12.4. The highest BCUT2D eigenvalue weighted by atomic mass is 35.5. The van der Waals surface area contributed by atoms with Crippen molar-refractivity contribution in [2.75, 3.05) is 25.0 Å². The van der Waals surface area contributed by atoms with Crippen molar-refractivity contribution in [2.45, 2.75) is 31.7 Å². The maximum atomic E-state index is 13.1. The SMILES string of the molecule is Cl.NCCC1CCCCN1CC(=O)Nc1ccc(F)c(Cl)c1. The van der Waals surface area contributed by atoms with Gasteiger partial charge in [0.05, 0.1) is 11.6 Å². The number of benzene rings is 1. The summed E-state index contributed by atoms with van der Waals surface area (Å²) in [7, 11) is 0. The molecule has 1 unspecified atom stereocenters. The van der Waals surface area contributed by atoms with Gasteiger partial charge >= 0.3 is 0 Å². The lowest BCUT2D eigenvalue weighted by Crippen LogP contribution is -2.44. The number of anilines is 1. The molecule has 1 amide bonds. The van der Waals surface area contributed by atoms with Crippen molar-refractivity contribution in [3.05, 3.63) is 29.0 Å². The Hall–Kier alpha value is -0.880. The fourth-order valence-electron chi connectivity index (χ4n) is 2.75. The second kappa shape index (κ2) is 9.30. The van der Waals surface area contributed by atoms with Gasteiger partial charge in [0.2, 0.25) is 5.91 Å². The summed E-state index contributed by atoms with van der Waals surface area (Å²) in [6.07, 6.45) is 4.30. The van der Waals surface area contributed by atoms with Crippen LogP contribution < -0.4 is 11.1 Å². The van der Waals surface area contributed by atoms with Gasteiger partial charge < -0.3 is 11.1 Å². The van der Waals surface area contributed by atoms with E-state index in [9.17, 15) is 9.18 Å². The quantitative estimate of drug-likeness (QED) is 0.858. The lowest BCUT2D eigenvalue weighted by Gasteiger charge is -2.35. The fourth-order valence-corrected chi connectivity index (χ4v) is 2.93. The predicted molar refractivity (Wildman–Crippen MR) is 90.2 cm³/mol. The number of nitrogens with two attached hydrogens (primary N) is 1. The van der Waals surface area contributed by atoms with Crippen LogP contribution in [0.5, 0.6) is 0 Å². The van der Waals surface area contributed by atoms with Crippen molar-refractivity contribution in [3.63, 3.8) is 0 Å². The average Bonchev–Trinajstić information content (AvgIpc) is 2.45. The first-order valence-corrected chi connectivity index (χ1v) is 7.67. The largest absolute Gasteiger partial charge is 0.330 e. The van der Waals surface area contributed by atoms with E-state index in [4.69, 9.17) is 17.3 Å². The predicted octanol–water partition coefficient (Wildman–Crippen LogP) is 3.04. The molecule has 3 N–H and O–H groups in total. The average molecular weight is 350 g/mol. The van der Waals surface area contributed by atoms with Gasteiger partial charge in [0, 0.05) is 11.7 Å². The van der Waals surface area contributed by atoms with E-state index in [1.807, 2.05) is 0 Å². The summed E-state index contributed by atoms with van der Waals surface area (Å²) < 4.78 is 13.1. The van der Waals surface area contributed by atoms with Crippen molar-refractivity contribution < 1.29 is 9.18 Å². The first kappa shape index (κ1) is 19.2. The van der Waals surface area contributed by atoms with E-state index in [2.05, 4.69) is 10.2 Å². The minimum absolute atomic E-state index is 0. The Kier molecular flexibility index (Phi) is 8.10. The van der Waals surface area contributed by atoms with Crippen LogP contribution in [-0.2, 0) is 4.79 Å². The number of carbonyl (C=O) groups is 1. The molecule has 0 bridgehead atoms. The highest BCUT2D eigenvalue weighted by molar-refractivity contribution is 6.31. The van der Waals surface area contributed by atoms with Gasteiger partial charge in [-0.25, -0.2) is 4.39 Å². The number of hydrogen-bond donors (Lipinski definition) is 2. The maximum Gasteiger partial charge on any atom is 0.238 e. The highest BCUT2D eigenvalue weighted by Crippen LogP contribution is 2.21. The fraction of sp³-hybridized carbons (Fsp3) is 0.533. The van der Waals surface area contributed by atoms with Crippen molar-refractivity contribution in [3.8, 4) is 0 Å². The number of amides is 1. The third-order valence-electron chi connectivity index (χ3n) is 3.80. The summed E-state index contributed by atoms with van der Waals surface area (Å²) in [6, 6.07) is 4.55. The first-order valence-electron chi connectivity index (χ1n) is 7.29. The molecule has 1 aromatic rings. The summed E-state index contributed by atoms with van der Waals surface area (Å²) in [5.74, 6) is -0.602. The molecule has 0 aromatic heterocycles. The van der Waals surface area contributed by atoms with Gasteiger partial charge in [-0.3, -0.25) is 9.69 Å². The van der Waals surface area contributed by atoms with E-state index in [0.717, 1.165) is 25.8 Å². The van der Waals surface area contributed by atoms with Gasteiger partial charge in [-0.1, -0.05) is 18.0 Å². The number of carbonyl (C=O) groups excluding carboxylic acids is 1. The Bertz CT molecular complexity index is 500. The number of piperidine rings is 1. The maximum absolute atomic E-state index is 13.1. The molecule has 0 radical (unpaired) electrons. The smallest absolute Gasteiger partial charge is 0.238 e. The van der Waals surface area contributed by atoms with Crippen molar-refractivity contribution in [2.24, 2.45) is 5.73 Å². The molecule has 0 aliphatic carbocycles. The van der Waals surface area contributed by atoms with Gasteiger partial charge in [-0.15, -0.1) is 12.4 Å². The summed E-state index contributed by atoms with van der Waals surface area (Å²) in [5.41, 5.74) is 6.14. The minimum atomic E-state index is -0.492. The van der Waals surface area contributed by atoms with Crippen LogP contribution in [0.3, 0.4) is 0 Å². The molecule has 1 heterocycles. The highest BCUT2D eigenvalue weighted by Gasteiger charge is 2.23. The number of halogens is 3. The van der Waals surface area contributed by atoms with Crippen LogP contribution in [-0.4, -0.2) is 36.5 Å². The van der Waals surface area contributed by atoms with E-state index in [-0.39, 0.29) is 23.3 Å². The number of likely N-dealkylation sites (tertiary alicyclic amines) is 1. The van der Waals surface area contributed by atoms with E-state index in [1.165, 1.54) is 24.6 Å². The standard InChI is InChI=1S/C15H21ClFN3O.ClH/c16-13-9-11(4-5-14(13)17)19-15(21)10-20-8-2-1-3-12(20)6-7-18;/h4-5,9,12H,1-3,6-8,10,18H2,(H,19,21);1H. The summed E-state index contributed by atoms with van der Waals surface area (Å²) in [4.78, 5) is 14.3. The Morgan fingerprint density at radius 1 is 1.45 bits per heavy atom. The molecule has 2 rings (SSSR count). The zero-order chi connectivity index (χ0) is 15.2. The van der Waals surface area contributed by atoms with Crippen LogP contribution in [0.2, 0.25) is 5.02 Å². The van der Waals surface area contributed by atoms with Crippen molar-refractivity contribution in [1.82, 2.24) is 4.90 Å². The third-order valence-corrected chi connectivity index (χ3v) is 4.09. The number of rotatable bonds is 5. The summed E-state index contributed by atoms with van der Waals surface area (Å²) >= 11 is 5.70. The molecule has 1 aliphatic heterocycles. The topological polar surface area (TPSA) is 58.4 Å². The molecule has 7 heteroatoms. The Balaban J connectivity index is 0.00000242. The summed E-state index contributed by atoms with van der Waals surface area (Å²) in [6.45, 7) is 1.89. The van der Waals surface area contributed by atoms with Crippen LogP contribution in [0.1, 0.15) is 25.7 Å². The number of hydrogen-bond acceptors (Lipinski definition) is 3. The van der Waals surface area contributed by atoms with Crippen LogP contribution in [0.25, 0.3) is 0 Å². The molecule has 22 heavy (non-hydrogen) atoms. The monoisotopic (exact) mass is 349 g/mol. The van der Waals surface area contributed by atoms with Crippen molar-refractivity contribution in [1.29, 1.82) is 0 Å². The first-order chi connectivity index (χ1) is 10.1.